The summed E-state index contributed by atoms with van der Waals surface area (Å²) >= 11 is 0. The fourth-order valence-electron chi connectivity index (χ4n) is 0.845. The van der Waals surface area contributed by atoms with Crippen molar-refractivity contribution >= 4 is 17.9 Å². The Balaban J connectivity index is 4.01. The lowest BCUT2D eigenvalue weighted by Gasteiger charge is -2.13. The van der Waals surface area contributed by atoms with Crippen LogP contribution in [-0.2, 0) is 19.1 Å². The molecule has 0 aromatic heterocycles. The van der Waals surface area contributed by atoms with Crippen LogP contribution in [0.4, 0.5) is 0 Å². The summed E-state index contributed by atoms with van der Waals surface area (Å²) < 4.78 is 4.62. The number of aliphatic carboxylic acids is 2. The van der Waals surface area contributed by atoms with Crippen molar-refractivity contribution in [2.24, 2.45) is 5.73 Å². The molecule has 0 rings (SSSR count). The third kappa shape index (κ3) is 6.44. The van der Waals surface area contributed by atoms with Crippen LogP contribution in [0.5, 0.6) is 0 Å². The molecule has 0 saturated heterocycles. The molecule has 4 N–H and O–H groups in total. The molecule has 0 radical (unpaired) electrons. The second kappa shape index (κ2) is 5.97. The van der Waals surface area contributed by atoms with E-state index in [4.69, 9.17) is 15.9 Å². The van der Waals surface area contributed by atoms with Gasteiger partial charge in [0.15, 0.2) is 0 Å². The quantitative estimate of drug-likeness (QED) is 0.498. The van der Waals surface area contributed by atoms with Gasteiger partial charge in [0.2, 0.25) is 0 Å². The van der Waals surface area contributed by atoms with Crippen LogP contribution in [0.25, 0.3) is 0 Å². The van der Waals surface area contributed by atoms with Crippen LogP contribution in [0.2, 0.25) is 0 Å². The van der Waals surface area contributed by atoms with Gasteiger partial charge in [-0.3, -0.25) is 14.4 Å². The average molecular weight is 219 g/mol. The Morgan fingerprint density at radius 2 is 1.67 bits per heavy atom. The molecular formula is C8H13NO6. The Hall–Kier alpha value is -1.63. The van der Waals surface area contributed by atoms with E-state index >= 15 is 0 Å². The second-order valence-electron chi connectivity index (χ2n) is 3.05. The number of carboxylic acid groups (broad SMARTS) is 2. The molecule has 0 spiro atoms. The molecule has 0 amide bonds. The highest BCUT2D eigenvalue weighted by Crippen LogP contribution is 2.01. The highest BCUT2D eigenvalue weighted by molar-refractivity contribution is 5.82. The Bertz CT molecular complexity index is 264. The minimum atomic E-state index is -1.27. The zero-order valence-corrected chi connectivity index (χ0v) is 8.17. The lowest BCUT2D eigenvalue weighted by atomic mass is 10.2. The molecule has 0 saturated carbocycles. The van der Waals surface area contributed by atoms with Gasteiger partial charge in [-0.05, 0) is 6.92 Å². The van der Waals surface area contributed by atoms with Gasteiger partial charge < -0.3 is 20.7 Å². The SMILES string of the molecule is CC(CC(=O)O)OC(=O)C(N)CC(=O)O. The zero-order valence-electron chi connectivity index (χ0n) is 8.17. The van der Waals surface area contributed by atoms with Crippen molar-refractivity contribution in [1.29, 1.82) is 0 Å². The van der Waals surface area contributed by atoms with Crippen LogP contribution >= 0.6 is 0 Å². The number of esters is 1. The fraction of sp³-hybridized carbons (Fsp3) is 0.625. The van der Waals surface area contributed by atoms with E-state index in [0.717, 1.165) is 0 Å². The number of carbonyl (C=O) groups is 3. The standard InChI is InChI=1S/C8H13NO6/c1-4(2-6(10)11)15-8(14)5(9)3-7(12)13/h4-5H,2-3,9H2,1H3,(H,10,11)(H,12,13). The molecule has 0 aliphatic rings. The molecule has 0 aromatic rings. The summed E-state index contributed by atoms with van der Waals surface area (Å²) in [5.41, 5.74) is 5.19. The highest BCUT2D eigenvalue weighted by atomic mass is 16.5. The Morgan fingerprint density at radius 1 is 1.20 bits per heavy atom. The van der Waals surface area contributed by atoms with Gasteiger partial charge >= 0.3 is 17.9 Å². The van der Waals surface area contributed by atoms with Crippen molar-refractivity contribution in [3.05, 3.63) is 0 Å². The number of hydrogen-bond acceptors (Lipinski definition) is 5. The largest absolute Gasteiger partial charge is 0.481 e. The lowest BCUT2D eigenvalue weighted by Crippen LogP contribution is -2.36. The van der Waals surface area contributed by atoms with Crippen LogP contribution < -0.4 is 5.73 Å². The highest BCUT2D eigenvalue weighted by Gasteiger charge is 2.21. The van der Waals surface area contributed by atoms with Crippen LogP contribution in [0.1, 0.15) is 19.8 Å². The summed E-state index contributed by atoms with van der Waals surface area (Å²) in [6.07, 6.45) is -1.71. The molecule has 7 heteroatoms. The Morgan fingerprint density at radius 3 is 2.07 bits per heavy atom. The van der Waals surface area contributed by atoms with Gasteiger partial charge in [-0.2, -0.15) is 0 Å². The molecule has 0 aliphatic carbocycles. The maximum Gasteiger partial charge on any atom is 0.323 e. The molecule has 0 heterocycles. The third-order valence-corrected chi connectivity index (χ3v) is 1.48. The average Bonchev–Trinajstić information content (AvgIpc) is 2.00. The topological polar surface area (TPSA) is 127 Å². The van der Waals surface area contributed by atoms with Gasteiger partial charge in [0.05, 0.1) is 12.8 Å². The molecule has 2 unspecified atom stereocenters. The van der Waals surface area contributed by atoms with E-state index in [1.54, 1.807) is 0 Å². The molecule has 0 aromatic carbocycles. The van der Waals surface area contributed by atoms with Crippen LogP contribution in [0, 0.1) is 0 Å². The normalized spacial score (nSPS) is 14.0. The van der Waals surface area contributed by atoms with E-state index in [2.05, 4.69) is 4.74 Å². The summed E-state index contributed by atoms with van der Waals surface area (Å²) in [6, 6.07) is -1.27. The minimum absolute atomic E-state index is 0.342. The van der Waals surface area contributed by atoms with Gasteiger partial charge in [0.1, 0.15) is 12.1 Å². The van der Waals surface area contributed by atoms with Crippen molar-refractivity contribution < 1.29 is 29.3 Å². The Kier molecular flexibility index (Phi) is 5.32. The predicted molar refractivity (Wildman–Crippen MR) is 48.0 cm³/mol. The Labute approximate surface area is 85.8 Å². The van der Waals surface area contributed by atoms with Gasteiger partial charge in [-0.25, -0.2) is 0 Å². The van der Waals surface area contributed by atoms with Gasteiger partial charge in [0.25, 0.3) is 0 Å². The van der Waals surface area contributed by atoms with Crippen LogP contribution in [-0.4, -0.2) is 40.3 Å². The van der Waals surface area contributed by atoms with Crippen molar-refractivity contribution in [3.8, 4) is 0 Å². The summed E-state index contributed by atoms with van der Waals surface area (Å²) in [4.78, 5) is 31.5. The lowest BCUT2D eigenvalue weighted by molar-refractivity contribution is -0.155. The van der Waals surface area contributed by atoms with Crippen molar-refractivity contribution in [2.75, 3.05) is 0 Å². The van der Waals surface area contributed by atoms with Gasteiger partial charge in [-0.15, -0.1) is 0 Å². The first kappa shape index (κ1) is 13.4. The van der Waals surface area contributed by atoms with E-state index in [0.29, 0.717) is 0 Å². The zero-order chi connectivity index (χ0) is 12.0. The summed E-state index contributed by atoms with van der Waals surface area (Å²) in [5.74, 6) is -3.24. The first-order valence-electron chi connectivity index (χ1n) is 4.22. The predicted octanol–water partition coefficient (Wildman–Crippen LogP) is -0.805. The van der Waals surface area contributed by atoms with Gasteiger partial charge in [-0.1, -0.05) is 0 Å². The number of nitrogens with two attached hydrogens (primary N) is 1. The number of carbonyl (C=O) groups excluding carboxylic acids is 1. The van der Waals surface area contributed by atoms with E-state index in [1.165, 1.54) is 6.92 Å². The molecule has 0 bridgehead atoms. The van der Waals surface area contributed by atoms with Crippen molar-refractivity contribution in [1.82, 2.24) is 0 Å². The first-order chi connectivity index (χ1) is 6.82. The van der Waals surface area contributed by atoms with E-state index in [9.17, 15) is 14.4 Å². The van der Waals surface area contributed by atoms with Crippen molar-refractivity contribution in [2.45, 2.75) is 31.9 Å². The fourth-order valence-corrected chi connectivity index (χ4v) is 0.845. The molecule has 7 nitrogen and oxygen atoms in total. The minimum Gasteiger partial charge on any atom is -0.481 e. The van der Waals surface area contributed by atoms with Crippen LogP contribution in [0.3, 0.4) is 0 Å². The summed E-state index contributed by atoms with van der Waals surface area (Å²) in [6.45, 7) is 1.39. The number of hydrogen-bond donors (Lipinski definition) is 3. The second-order valence-corrected chi connectivity index (χ2v) is 3.05. The van der Waals surface area contributed by atoms with E-state index in [-0.39, 0.29) is 6.42 Å². The summed E-state index contributed by atoms with van der Waals surface area (Å²) in [7, 11) is 0. The smallest absolute Gasteiger partial charge is 0.323 e. The number of ether oxygens (including phenoxy) is 1. The summed E-state index contributed by atoms with van der Waals surface area (Å²) in [5, 5.41) is 16.7. The molecule has 15 heavy (non-hydrogen) atoms. The molecule has 2 atom stereocenters. The van der Waals surface area contributed by atoms with Crippen molar-refractivity contribution in [3.63, 3.8) is 0 Å². The first-order valence-corrected chi connectivity index (χ1v) is 4.22. The molecule has 0 aliphatic heterocycles. The maximum absolute atomic E-state index is 11.1. The van der Waals surface area contributed by atoms with Gasteiger partial charge in [0, 0.05) is 0 Å². The van der Waals surface area contributed by atoms with E-state index in [1.807, 2.05) is 0 Å². The third-order valence-electron chi connectivity index (χ3n) is 1.48. The molecule has 0 fully saturated rings. The molecular weight excluding hydrogens is 206 g/mol. The number of carboxylic acids is 2. The maximum atomic E-state index is 11.1. The monoisotopic (exact) mass is 219 g/mol. The van der Waals surface area contributed by atoms with Crippen LogP contribution in [0.15, 0.2) is 0 Å². The molecule has 86 valence electrons. The number of rotatable bonds is 6. The van der Waals surface area contributed by atoms with E-state index < -0.39 is 36.5 Å².